The summed E-state index contributed by atoms with van der Waals surface area (Å²) in [5, 5.41) is 0.549. The lowest BCUT2D eigenvalue weighted by Crippen LogP contribution is -2.17. The molecule has 3 aromatic rings. The molecule has 0 radical (unpaired) electrons. The minimum absolute atomic E-state index is 0.209. The average Bonchev–Trinajstić information content (AvgIpc) is 2.55. The van der Waals surface area contributed by atoms with Gasteiger partial charge >= 0.3 is 0 Å². The van der Waals surface area contributed by atoms with Gasteiger partial charge in [0.1, 0.15) is 0 Å². The first-order valence-corrected chi connectivity index (χ1v) is 8.44. The lowest BCUT2D eigenvalue weighted by Gasteiger charge is -2.10. The molecule has 0 aliphatic heterocycles. The Morgan fingerprint density at radius 1 is 1.04 bits per heavy atom. The second-order valence-electron chi connectivity index (χ2n) is 5.50. The van der Waals surface area contributed by atoms with E-state index in [1.807, 2.05) is 18.2 Å². The van der Waals surface area contributed by atoms with Gasteiger partial charge in [-0.2, -0.15) is 0 Å². The molecular formula is C18H14BrClN2O2. The van der Waals surface area contributed by atoms with Crippen molar-refractivity contribution in [2.75, 3.05) is 0 Å². The zero-order chi connectivity index (χ0) is 17.4. The second-order valence-corrected chi connectivity index (χ2v) is 6.70. The van der Waals surface area contributed by atoms with Crippen molar-refractivity contribution in [3.8, 4) is 22.4 Å². The smallest absolute Gasteiger partial charge is 0.204 e. The quantitative estimate of drug-likeness (QED) is 0.662. The molecule has 2 N–H and O–H groups in total. The average molecular weight is 406 g/mol. The molecule has 0 saturated heterocycles. The van der Waals surface area contributed by atoms with Crippen LogP contribution < -0.4 is 10.9 Å². The van der Waals surface area contributed by atoms with Crippen LogP contribution in [0.3, 0.4) is 0 Å². The monoisotopic (exact) mass is 404 g/mol. The Labute approximate surface area is 151 Å². The number of H-pyrrole nitrogens is 2. The third kappa shape index (κ3) is 2.85. The number of hydrogen-bond acceptors (Lipinski definition) is 2. The highest BCUT2D eigenvalue weighted by Crippen LogP contribution is 2.26. The van der Waals surface area contributed by atoms with E-state index in [0.29, 0.717) is 32.0 Å². The van der Waals surface area contributed by atoms with Gasteiger partial charge < -0.3 is 9.97 Å². The first-order chi connectivity index (χ1) is 11.4. The van der Waals surface area contributed by atoms with E-state index in [0.717, 1.165) is 11.3 Å². The van der Waals surface area contributed by atoms with E-state index in [-0.39, 0.29) is 10.9 Å². The minimum atomic E-state index is -0.243. The van der Waals surface area contributed by atoms with Crippen molar-refractivity contribution in [2.45, 2.75) is 13.8 Å². The van der Waals surface area contributed by atoms with Crippen molar-refractivity contribution in [1.82, 2.24) is 9.97 Å². The number of aryl methyl sites for hydroxylation is 2. The summed E-state index contributed by atoms with van der Waals surface area (Å²) in [6.07, 6.45) is 1.56. The molecule has 4 nitrogen and oxygen atoms in total. The number of halogens is 2. The molecule has 0 spiro atoms. The SMILES string of the molecule is Cc1[nH]c(C)c(-c2c[nH]c(-c3ccccc3Cl)cc2=O)c(=O)c1Br. The third-order valence-electron chi connectivity index (χ3n) is 3.85. The summed E-state index contributed by atoms with van der Waals surface area (Å²) in [4.78, 5) is 31.3. The molecule has 0 saturated carbocycles. The summed E-state index contributed by atoms with van der Waals surface area (Å²) in [6.45, 7) is 3.57. The van der Waals surface area contributed by atoms with Gasteiger partial charge in [0.15, 0.2) is 5.43 Å². The standard InChI is InChI=1S/C18H14BrClN2O2/c1-9-16(18(24)17(19)10(2)22-9)12-8-21-14(7-15(12)23)11-5-3-4-6-13(11)20/h3-8H,1-2H3,(H,21,23)(H,22,24). The molecule has 3 rings (SSSR count). The van der Waals surface area contributed by atoms with Crippen molar-refractivity contribution in [2.24, 2.45) is 0 Å². The van der Waals surface area contributed by atoms with Crippen LogP contribution in [-0.4, -0.2) is 9.97 Å². The molecule has 0 unspecified atom stereocenters. The number of rotatable bonds is 2. The number of pyridine rings is 2. The fraction of sp³-hybridized carbons (Fsp3) is 0.111. The first-order valence-electron chi connectivity index (χ1n) is 7.27. The van der Waals surface area contributed by atoms with Crippen LogP contribution in [0.25, 0.3) is 22.4 Å². The largest absolute Gasteiger partial charge is 0.361 e. The lowest BCUT2D eigenvalue weighted by atomic mass is 10.0. The molecule has 0 atom stereocenters. The van der Waals surface area contributed by atoms with E-state index in [4.69, 9.17) is 11.6 Å². The van der Waals surface area contributed by atoms with Gasteiger partial charge in [0.05, 0.1) is 21.3 Å². The van der Waals surface area contributed by atoms with E-state index in [9.17, 15) is 9.59 Å². The van der Waals surface area contributed by atoms with Gasteiger partial charge in [0.2, 0.25) is 5.43 Å². The van der Waals surface area contributed by atoms with Crippen LogP contribution in [0.15, 0.2) is 50.6 Å². The molecule has 0 amide bonds. The second kappa shape index (κ2) is 6.42. The molecule has 2 heterocycles. The summed E-state index contributed by atoms with van der Waals surface area (Å²) in [6, 6.07) is 8.72. The summed E-state index contributed by atoms with van der Waals surface area (Å²) in [5.74, 6) is 0. The Hall–Kier alpha value is -2.11. The fourth-order valence-corrected chi connectivity index (χ4v) is 3.21. The first kappa shape index (κ1) is 16.7. The van der Waals surface area contributed by atoms with Crippen molar-refractivity contribution >= 4 is 27.5 Å². The van der Waals surface area contributed by atoms with E-state index in [1.165, 1.54) is 6.07 Å². The number of aromatic nitrogens is 2. The highest BCUT2D eigenvalue weighted by molar-refractivity contribution is 9.10. The van der Waals surface area contributed by atoms with Gasteiger partial charge in [-0.25, -0.2) is 0 Å². The summed E-state index contributed by atoms with van der Waals surface area (Å²) in [7, 11) is 0. The van der Waals surface area contributed by atoms with Gasteiger partial charge in [0.25, 0.3) is 0 Å². The van der Waals surface area contributed by atoms with Crippen molar-refractivity contribution in [3.63, 3.8) is 0 Å². The van der Waals surface area contributed by atoms with Gasteiger partial charge in [-0.1, -0.05) is 29.8 Å². The molecule has 0 aliphatic rings. The van der Waals surface area contributed by atoms with Gasteiger partial charge in [-0.3, -0.25) is 9.59 Å². The van der Waals surface area contributed by atoms with Crippen LogP contribution in [0.1, 0.15) is 11.4 Å². The van der Waals surface area contributed by atoms with Crippen molar-refractivity contribution in [1.29, 1.82) is 0 Å². The van der Waals surface area contributed by atoms with E-state index < -0.39 is 0 Å². The molecule has 24 heavy (non-hydrogen) atoms. The maximum atomic E-state index is 12.6. The topological polar surface area (TPSA) is 65.7 Å². The van der Waals surface area contributed by atoms with Gasteiger partial charge in [0, 0.05) is 34.2 Å². The van der Waals surface area contributed by atoms with Gasteiger partial charge in [-0.05, 0) is 35.8 Å². The Balaban J connectivity index is 2.20. The van der Waals surface area contributed by atoms with Crippen LogP contribution in [0.2, 0.25) is 5.02 Å². The minimum Gasteiger partial charge on any atom is -0.361 e. The zero-order valence-corrected chi connectivity index (χ0v) is 15.4. The zero-order valence-electron chi connectivity index (χ0n) is 13.0. The molecule has 122 valence electrons. The Kier molecular flexibility index (Phi) is 4.47. The Bertz CT molecular complexity index is 1050. The number of hydrogen-bond donors (Lipinski definition) is 2. The van der Waals surface area contributed by atoms with Crippen LogP contribution in [0, 0.1) is 13.8 Å². The summed E-state index contributed by atoms with van der Waals surface area (Å²) >= 11 is 9.45. The predicted octanol–water partition coefficient (Wildman–Crippen LogP) is 4.43. The molecule has 0 bridgehead atoms. The highest BCUT2D eigenvalue weighted by atomic mass is 79.9. The fourth-order valence-electron chi connectivity index (χ4n) is 2.68. The Morgan fingerprint density at radius 3 is 2.42 bits per heavy atom. The summed E-state index contributed by atoms with van der Waals surface area (Å²) < 4.78 is 0.428. The molecule has 0 fully saturated rings. The Morgan fingerprint density at radius 2 is 1.75 bits per heavy atom. The number of benzene rings is 1. The van der Waals surface area contributed by atoms with E-state index >= 15 is 0 Å². The van der Waals surface area contributed by atoms with Crippen molar-refractivity contribution < 1.29 is 0 Å². The normalized spacial score (nSPS) is 10.8. The summed E-state index contributed by atoms with van der Waals surface area (Å²) in [5.41, 5.74) is 2.95. The predicted molar refractivity (Wildman–Crippen MR) is 101 cm³/mol. The molecule has 0 aliphatic carbocycles. The van der Waals surface area contributed by atoms with E-state index in [2.05, 4.69) is 25.9 Å². The molecular weight excluding hydrogens is 392 g/mol. The third-order valence-corrected chi connectivity index (χ3v) is 5.14. The number of aromatic amines is 2. The number of nitrogens with one attached hydrogen (secondary N) is 2. The van der Waals surface area contributed by atoms with Crippen molar-refractivity contribution in [3.05, 3.63) is 77.9 Å². The van der Waals surface area contributed by atoms with Crippen LogP contribution >= 0.6 is 27.5 Å². The lowest BCUT2D eigenvalue weighted by molar-refractivity contribution is 1.09. The van der Waals surface area contributed by atoms with Crippen LogP contribution in [-0.2, 0) is 0 Å². The molecule has 2 aromatic heterocycles. The molecule has 1 aromatic carbocycles. The van der Waals surface area contributed by atoms with Crippen LogP contribution in [0.5, 0.6) is 0 Å². The van der Waals surface area contributed by atoms with E-state index in [1.54, 1.807) is 26.1 Å². The highest BCUT2D eigenvalue weighted by Gasteiger charge is 2.16. The van der Waals surface area contributed by atoms with Gasteiger partial charge in [-0.15, -0.1) is 0 Å². The maximum absolute atomic E-state index is 12.6. The molecule has 6 heteroatoms. The van der Waals surface area contributed by atoms with Crippen LogP contribution in [0.4, 0.5) is 0 Å². The maximum Gasteiger partial charge on any atom is 0.204 e.